The molecule has 1 N–H and O–H groups in total. The molecule has 1 aromatic rings. The molecular formula is C7H8N2OS2. The number of pyridine rings is 1. The van der Waals surface area contributed by atoms with Crippen LogP contribution in [0.25, 0.3) is 0 Å². The van der Waals surface area contributed by atoms with Gasteiger partial charge in [0.2, 0.25) is 5.88 Å². The van der Waals surface area contributed by atoms with Crippen LogP contribution in [0.1, 0.15) is 0 Å². The standard InChI is InChI=1S/C7H8N2OS2/c1-10-6-3-2-5(4-8-6)9-7(11)12/h2-4H,1H3,(H2,9,11,12). The van der Waals surface area contributed by atoms with Gasteiger partial charge < -0.3 is 10.1 Å². The van der Waals surface area contributed by atoms with Crippen molar-refractivity contribution in [1.82, 2.24) is 4.98 Å². The molecule has 0 aromatic carbocycles. The molecule has 0 bridgehead atoms. The van der Waals surface area contributed by atoms with Gasteiger partial charge >= 0.3 is 0 Å². The molecule has 0 aliphatic heterocycles. The van der Waals surface area contributed by atoms with Crippen molar-refractivity contribution in [2.24, 2.45) is 0 Å². The van der Waals surface area contributed by atoms with Crippen LogP contribution in [0.3, 0.4) is 0 Å². The molecule has 3 nitrogen and oxygen atoms in total. The number of ether oxygens (including phenoxy) is 1. The molecule has 1 heterocycles. The van der Waals surface area contributed by atoms with Crippen molar-refractivity contribution in [2.45, 2.75) is 0 Å². The highest BCUT2D eigenvalue weighted by atomic mass is 32.1. The van der Waals surface area contributed by atoms with Crippen LogP contribution in [0, 0.1) is 0 Å². The fraction of sp³-hybridized carbons (Fsp3) is 0.143. The zero-order chi connectivity index (χ0) is 8.97. The third-order valence-electron chi connectivity index (χ3n) is 1.20. The zero-order valence-corrected chi connectivity index (χ0v) is 8.15. The van der Waals surface area contributed by atoms with E-state index in [1.807, 2.05) is 6.07 Å². The maximum atomic E-state index is 4.88. The van der Waals surface area contributed by atoms with Gasteiger partial charge in [0.05, 0.1) is 19.0 Å². The zero-order valence-electron chi connectivity index (χ0n) is 6.44. The van der Waals surface area contributed by atoms with E-state index in [0.717, 1.165) is 5.69 Å². The molecule has 0 aliphatic carbocycles. The van der Waals surface area contributed by atoms with Crippen LogP contribution in [0.2, 0.25) is 0 Å². The summed E-state index contributed by atoms with van der Waals surface area (Å²) in [6.45, 7) is 0. The average Bonchev–Trinajstić information content (AvgIpc) is 2.05. The van der Waals surface area contributed by atoms with Crippen molar-refractivity contribution in [2.75, 3.05) is 12.4 Å². The molecule has 0 saturated heterocycles. The summed E-state index contributed by atoms with van der Waals surface area (Å²) in [5.41, 5.74) is 0.802. The molecule has 1 rings (SSSR count). The number of nitrogens with one attached hydrogen (secondary N) is 1. The Morgan fingerprint density at radius 1 is 1.67 bits per heavy atom. The lowest BCUT2D eigenvalue weighted by atomic mass is 10.4. The first-order valence-electron chi connectivity index (χ1n) is 3.22. The van der Waals surface area contributed by atoms with E-state index in [-0.39, 0.29) is 0 Å². The van der Waals surface area contributed by atoms with Gasteiger partial charge in [-0.1, -0.05) is 12.2 Å². The number of hydrogen-bond acceptors (Lipinski definition) is 3. The minimum Gasteiger partial charge on any atom is -0.481 e. The lowest BCUT2D eigenvalue weighted by Crippen LogP contribution is -2.01. The minimum absolute atomic E-state index is 0.418. The van der Waals surface area contributed by atoms with E-state index in [0.29, 0.717) is 10.2 Å². The third kappa shape index (κ3) is 2.67. The predicted octanol–water partition coefficient (Wildman–Crippen LogP) is 1.72. The summed E-state index contributed by atoms with van der Waals surface area (Å²) in [6, 6.07) is 3.56. The topological polar surface area (TPSA) is 34.1 Å². The lowest BCUT2D eigenvalue weighted by molar-refractivity contribution is 0.398. The van der Waals surface area contributed by atoms with Crippen molar-refractivity contribution < 1.29 is 4.74 Å². The maximum absolute atomic E-state index is 4.88. The van der Waals surface area contributed by atoms with Crippen LogP contribution in [0.4, 0.5) is 5.69 Å². The molecule has 0 fully saturated rings. The van der Waals surface area contributed by atoms with Gasteiger partial charge in [-0.05, 0) is 6.07 Å². The van der Waals surface area contributed by atoms with E-state index < -0.39 is 0 Å². The van der Waals surface area contributed by atoms with E-state index >= 15 is 0 Å². The van der Waals surface area contributed by atoms with Crippen LogP contribution < -0.4 is 10.1 Å². The highest BCUT2D eigenvalue weighted by molar-refractivity contribution is 8.11. The van der Waals surface area contributed by atoms with Crippen LogP contribution in [-0.4, -0.2) is 16.4 Å². The summed E-state index contributed by atoms with van der Waals surface area (Å²) < 4.78 is 5.30. The molecule has 0 unspecified atom stereocenters. The number of thiocarbonyl (C=S) groups is 1. The maximum Gasteiger partial charge on any atom is 0.213 e. The van der Waals surface area contributed by atoms with Crippen LogP contribution >= 0.6 is 24.8 Å². The van der Waals surface area contributed by atoms with Gasteiger partial charge in [-0.15, -0.1) is 12.6 Å². The molecular weight excluding hydrogens is 192 g/mol. The summed E-state index contributed by atoms with van der Waals surface area (Å²) in [4.78, 5) is 3.97. The van der Waals surface area contributed by atoms with Crippen molar-refractivity contribution in [3.8, 4) is 5.88 Å². The number of aromatic nitrogens is 1. The van der Waals surface area contributed by atoms with Crippen LogP contribution in [0.15, 0.2) is 18.3 Å². The summed E-state index contributed by atoms with van der Waals surface area (Å²) in [6.07, 6.45) is 1.63. The predicted molar refractivity (Wildman–Crippen MR) is 56.0 cm³/mol. The summed E-state index contributed by atoms with van der Waals surface area (Å²) in [5, 5.41) is 2.83. The number of anilines is 1. The lowest BCUT2D eigenvalue weighted by Gasteiger charge is -2.02. The summed E-state index contributed by atoms with van der Waals surface area (Å²) in [7, 11) is 1.57. The monoisotopic (exact) mass is 200 g/mol. The number of rotatable bonds is 2. The number of methoxy groups -OCH3 is 1. The normalized spacial score (nSPS) is 9.17. The molecule has 0 atom stereocenters. The fourth-order valence-corrected chi connectivity index (χ4v) is 0.945. The van der Waals surface area contributed by atoms with E-state index in [1.165, 1.54) is 0 Å². The van der Waals surface area contributed by atoms with Crippen LogP contribution in [-0.2, 0) is 0 Å². The number of thiol groups is 1. The molecule has 0 saturated carbocycles. The van der Waals surface area contributed by atoms with Gasteiger partial charge in [0.15, 0.2) is 0 Å². The second kappa shape index (κ2) is 4.27. The third-order valence-corrected chi connectivity index (χ3v) is 1.41. The Morgan fingerprint density at radius 3 is 2.83 bits per heavy atom. The molecule has 64 valence electrons. The highest BCUT2D eigenvalue weighted by Crippen LogP contribution is 2.11. The first-order valence-corrected chi connectivity index (χ1v) is 4.08. The molecule has 12 heavy (non-hydrogen) atoms. The average molecular weight is 200 g/mol. The molecule has 5 heteroatoms. The fourth-order valence-electron chi connectivity index (χ4n) is 0.698. The SMILES string of the molecule is COc1ccc(NC(=S)S)cn1. The molecule has 0 radical (unpaired) electrons. The van der Waals surface area contributed by atoms with E-state index in [1.54, 1.807) is 19.4 Å². The largest absolute Gasteiger partial charge is 0.481 e. The first-order chi connectivity index (χ1) is 5.72. The van der Waals surface area contributed by atoms with Gasteiger partial charge in [-0.2, -0.15) is 0 Å². The van der Waals surface area contributed by atoms with Crippen molar-refractivity contribution >= 4 is 34.9 Å². The number of nitrogens with zero attached hydrogens (tertiary/aromatic N) is 1. The highest BCUT2D eigenvalue weighted by Gasteiger charge is 1.94. The van der Waals surface area contributed by atoms with E-state index in [4.69, 9.17) is 17.0 Å². The van der Waals surface area contributed by atoms with Gasteiger partial charge in [0, 0.05) is 6.07 Å². The van der Waals surface area contributed by atoms with Gasteiger partial charge in [0.25, 0.3) is 0 Å². The first kappa shape index (κ1) is 9.28. The van der Waals surface area contributed by atoms with Gasteiger partial charge in [-0.3, -0.25) is 0 Å². The van der Waals surface area contributed by atoms with Crippen molar-refractivity contribution in [1.29, 1.82) is 0 Å². The number of hydrogen-bond donors (Lipinski definition) is 2. The minimum atomic E-state index is 0.418. The Kier molecular flexibility index (Phi) is 3.31. The molecule has 1 aromatic heterocycles. The second-order valence-electron chi connectivity index (χ2n) is 2.02. The quantitative estimate of drug-likeness (QED) is 0.562. The van der Waals surface area contributed by atoms with E-state index in [2.05, 4.69) is 22.9 Å². The van der Waals surface area contributed by atoms with Crippen molar-refractivity contribution in [3.63, 3.8) is 0 Å². The Balaban J connectivity index is 2.71. The van der Waals surface area contributed by atoms with Crippen molar-refractivity contribution in [3.05, 3.63) is 18.3 Å². The summed E-state index contributed by atoms with van der Waals surface area (Å²) >= 11 is 8.65. The Bertz CT molecular complexity index is 273. The smallest absolute Gasteiger partial charge is 0.213 e. The van der Waals surface area contributed by atoms with Crippen LogP contribution in [0.5, 0.6) is 5.88 Å². The molecule has 0 amide bonds. The van der Waals surface area contributed by atoms with Gasteiger partial charge in [-0.25, -0.2) is 4.98 Å². The second-order valence-corrected chi connectivity index (χ2v) is 3.18. The Labute approximate surface area is 81.6 Å². The van der Waals surface area contributed by atoms with E-state index in [9.17, 15) is 0 Å². The Hall–Kier alpha value is -0.810. The summed E-state index contributed by atoms with van der Waals surface area (Å²) in [5.74, 6) is 0.575. The Morgan fingerprint density at radius 2 is 2.42 bits per heavy atom. The molecule has 0 aliphatic rings. The molecule has 0 spiro atoms. The van der Waals surface area contributed by atoms with Gasteiger partial charge in [0.1, 0.15) is 4.32 Å².